The van der Waals surface area contributed by atoms with Crippen molar-refractivity contribution in [3.63, 3.8) is 0 Å². The van der Waals surface area contributed by atoms with Crippen LogP contribution in [0.4, 0.5) is 4.39 Å². The second kappa shape index (κ2) is 9.35. The van der Waals surface area contributed by atoms with Crippen molar-refractivity contribution in [1.82, 2.24) is 4.72 Å². The van der Waals surface area contributed by atoms with Gasteiger partial charge in [0.25, 0.3) is 0 Å². The van der Waals surface area contributed by atoms with Crippen molar-refractivity contribution in [2.75, 3.05) is 13.2 Å². The molecule has 3 aromatic rings. The lowest BCUT2D eigenvalue weighted by Crippen LogP contribution is -2.23. The van der Waals surface area contributed by atoms with Gasteiger partial charge in [-0.05, 0) is 42.5 Å². The lowest BCUT2D eigenvalue weighted by Gasteiger charge is -2.09. The third kappa shape index (κ3) is 5.66. The molecule has 152 valence electrons. The van der Waals surface area contributed by atoms with Crippen LogP contribution in [0.1, 0.15) is 16.1 Å². The van der Waals surface area contributed by atoms with Gasteiger partial charge in [-0.3, -0.25) is 0 Å². The molecular formula is C20H18FNO6S. The number of hydrogen-bond donors (Lipinski definition) is 1. The molecule has 9 heteroatoms. The van der Waals surface area contributed by atoms with E-state index in [-0.39, 0.29) is 36.0 Å². The number of esters is 1. The normalized spacial score (nSPS) is 11.2. The summed E-state index contributed by atoms with van der Waals surface area (Å²) in [6.45, 7) is -0.187. The molecule has 0 radical (unpaired) electrons. The van der Waals surface area contributed by atoms with E-state index in [2.05, 4.69) is 4.72 Å². The first-order valence-electron chi connectivity index (χ1n) is 8.62. The Bertz CT molecular complexity index is 1070. The van der Waals surface area contributed by atoms with Crippen molar-refractivity contribution < 1.29 is 31.5 Å². The summed E-state index contributed by atoms with van der Waals surface area (Å²) >= 11 is 0. The first kappa shape index (κ1) is 20.6. The minimum atomic E-state index is -3.84. The van der Waals surface area contributed by atoms with Crippen molar-refractivity contribution in [3.05, 3.63) is 84.1 Å². The maximum Gasteiger partial charge on any atom is 0.338 e. The van der Waals surface area contributed by atoms with E-state index in [0.717, 1.165) is 0 Å². The number of benzene rings is 2. The minimum absolute atomic E-state index is 0.0165. The van der Waals surface area contributed by atoms with Crippen LogP contribution in [-0.4, -0.2) is 27.6 Å². The maximum absolute atomic E-state index is 13.4. The highest BCUT2D eigenvalue weighted by Gasteiger charge is 2.17. The van der Waals surface area contributed by atoms with Gasteiger partial charge in [0.1, 0.15) is 19.0 Å². The average Bonchev–Trinajstić information content (AvgIpc) is 3.25. The summed E-state index contributed by atoms with van der Waals surface area (Å²) < 4.78 is 56.0. The number of para-hydroxylation sites is 1. The van der Waals surface area contributed by atoms with E-state index in [9.17, 15) is 17.6 Å². The number of hydrogen-bond acceptors (Lipinski definition) is 6. The monoisotopic (exact) mass is 419 g/mol. The first-order chi connectivity index (χ1) is 14.0. The summed E-state index contributed by atoms with van der Waals surface area (Å²) in [4.78, 5) is 12.1. The van der Waals surface area contributed by atoms with Gasteiger partial charge in [0, 0.05) is 0 Å². The van der Waals surface area contributed by atoms with Crippen molar-refractivity contribution >= 4 is 16.0 Å². The van der Waals surface area contributed by atoms with Crippen LogP contribution in [-0.2, 0) is 21.3 Å². The molecule has 0 amide bonds. The Morgan fingerprint density at radius 2 is 1.86 bits per heavy atom. The minimum Gasteiger partial charge on any atom is -0.487 e. The number of halogens is 1. The summed E-state index contributed by atoms with van der Waals surface area (Å²) in [5, 5.41) is 0. The van der Waals surface area contributed by atoms with Crippen LogP contribution >= 0.6 is 0 Å². The Morgan fingerprint density at radius 1 is 1.03 bits per heavy atom. The van der Waals surface area contributed by atoms with Crippen molar-refractivity contribution in [3.8, 4) is 5.75 Å². The molecule has 2 aromatic carbocycles. The summed E-state index contributed by atoms with van der Waals surface area (Å²) in [5.41, 5.74) is 0.0664. The number of carbonyl (C=O) groups is 1. The Labute approximate surface area is 167 Å². The zero-order chi connectivity index (χ0) is 20.7. The molecule has 3 rings (SSSR count). The maximum atomic E-state index is 13.4. The van der Waals surface area contributed by atoms with E-state index < -0.39 is 21.8 Å². The van der Waals surface area contributed by atoms with Gasteiger partial charge in [-0.2, -0.15) is 0 Å². The van der Waals surface area contributed by atoms with Crippen LogP contribution < -0.4 is 9.46 Å². The highest BCUT2D eigenvalue weighted by Crippen LogP contribution is 2.16. The Kier molecular flexibility index (Phi) is 6.63. The number of sulfonamides is 1. The van der Waals surface area contributed by atoms with Crippen LogP contribution in [0, 0.1) is 5.82 Å². The van der Waals surface area contributed by atoms with Crippen LogP contribution in [0.5, 0.6) is 5.75 Å². The molecule has 1 N–H and O–H groups in total. The summed E-state index contributed by atoms with van der Waals surface area (Å²) in [7, 11) is -3.84. The average molecular weight is 419 g/mol. The fourth-order valence-corrected chi connectivity index (χ4v) is 3.42. The molecule has 0 aliphatic heterocycles. The van der Waals surface area contributed by atoms with Gasteiger partial charge in [0.2, 0.25) is 10.0 Å². The zero-order valence-electron chi connectivity index (χ0n) is 15.2. The van der Waals surface area contributed by atoms with Crippen molar-refractivity contribution in [2.24, 2.45) is 0 Å². The molecule has 0 saturated heterocycles. The van der Waals surface area contributed by atoms with Gasteiger partial charge in [0.05, 0.1) is 23.3 Å². The number of nitrogens with one attached hydrogen (secondary N) is 1. The number of carbonyl (C=O) groups excluding carboxylic acids is 1. The largest absolute Gasteiger partial charge is 0.487 e. The molecule has 0 unspecified atom stereocenters. The summed E-state index contributed by atoms with van der Waals surface area (Å²) in [5.74, 6) is -0.720. The first-order valence-corrected chi connectivity index (χ1v) is 10.1. The fraction of sp³-hybridized carbons (Fsp3) is 0.150. The van der Waals surface area contributed by atoms with E-state index in [0.29, 0.717) is 5.76 Å². The summed E-state index contributed by atoms with van der Waals surface area (Å²) in [6.07, 6.45) is 1.44. The Hall–Kier alpha value is -3.17. The molecule has 0 spiro atoms. The van der Waals surface area contributed by atoms with E-state index in [4.69, 9.17) is 13.9 Å². The standard InChI is InChI=1S/C20H18FNO6S/c21-18-8-1-2-9-19(18)27-11-12-28-20(23)15-5-3-7-17(13-15)29(24,25)22-14-16-6-4-10-26-16/h1-10,13,22H,11-12,14H2. The van der Waals surface area contributed by atoms with E-state index in [1.807, 2.05) is 0 Å². The third-order valence-electron chi connectivity index (χ3n) is 3.81. The van der Waals surface area contributed by atoms with E-state index in [1.165, 1.54) is 48.7 Å². The molecule has 0 bridgehead atoms. The van der Waals surface area contributed by atoms with E-state index in [1.54, 1.807) is 18.2 Å². The molecule has 7 nitrogen and oxygen atoms in total. The molecule has 0 aliphatic rings. The molecule has 29 heavy (non-hydrogen) atoms. The third-order valence-corrected chi connectivity index (χ3v) is 5.21. The molecule has 0 fully saturated rings. The highest BCUT2D eigenvalue weighted by molar-refractivity contribution is 7.89. The highest BCUT2D eigenvalue weighted by atomic mass is 32.2. The Morgan fingerprint density at radius 3 is 2.62 bits per heavy atom. The van der Waals surface area contributed by atoms with Crippen LogP contribution in [0.15, 0.2) is 76.2 Å². The van der Waals surface area contributed by atoms with Gasteiger partial charge in [-0.15, -0.1) is 0 Å². The molecule has 1 heterocycles. The smallest absolute Gasteiger partial charge is 0.338 e. The van der Waals surface area contributed by atoms with Crippen LogP contribution in [0.25, 0.3) is 0 Å². The molecule has 0 saturated carbocycles. The van der Waals surface area contributed by atoms with Gasteiger partial charge in [-0.25, -0.2) is 22.3 Å². The lowest BCUT2D eigenvalue weighted by atomic mass is 10.2. The van der Waals surface area contributed by atoms with Gasteiger partial charge in [0.15, 0.2) is 11.6 Å². The second-order valence-electron chi connectivity index (χ2n) is 5.85. The number of rotatable bonds is 9. The van der Waals surface area contributed by atoms with Crippen molar-refractivity contribution in [1.29, 1.82) is 0 Å². The lowest BCUT2D eigenvalue weighted by molar-refractivity contribution is 0.0448. The fourth-order valence-electron chi connectivity index (χ4n) is 2.38. The number of furan rings is 1. The number of ether oxygens (including phenoxy) is 2. The van der Waals surface area contributed by atoms with Gasteiger partial charge >= 0.3 is 5.97 Å². The van der Waals surface area contributed by atoms with Crippen LogP contribution in [0.3, 0.4) is 0 Å². The molecule has 1 aromatic heterocycles. The van der Waals surface area contributed by atoms with Crippen molar-refractivity contribution in [2.45, 2.75) is 11.4 Å². The SMILES string of the molecule is O=C(OCCOc1ccccc1F)c1cccc(S(=O)(=O)NCc2ccco2)c1. The van der Waals surface area contributed by atoms with Crippen LogP contribution in [0.2, 0.25) is 0 Å². The predicted molar refractivity (Wildman–Crippen MR) is 101 cm³/mol. The van der Waals surface area contributed by atoms with Gasteiger partial charge in [-0.1, -0.05) is 18.2 Å². The zero-order valence-corrected chi connectivity index (χ0v) is 16.0. The summed E-state index contributed by atoms with van der Waals surface area (Å²) in [6, 6.07) is 14.6. The predicted octanol–water partition coefficient (Wildman–Crippen LogP) is 3.13. The molecular weight excluding hydrogens is 401 g/mol. The quantitative estimate of drug-likeness (QED) is 0.423. The molecule has 0 aliphatic carbocycles. The van der Waals surface area contributed by atoms with Gasteiger partial charge < -0.3 is 13.9 Å². The Balaban J connectivity index is 1.55. The molecule has 0 atom stereocenters. The second-order valence-corrected chi connectivity index (χ2v) is 7.61. The topological polar surface area (TPSA) is 94.8 Å². The van der Waals surface area contributed by atoms with E-state index >= 15 is 0 Å².